The Hall–Kier alpha value is -3.35. The molecule has 5 aliphatic rings. The summed E-state index contributed by atoms with van der Waals surface area (Å²) in [6.07, 6.45) is -0.370. The molecule has 0 bridgehead atoms. The molecule has 3 saturated heterocycles. The van der Waals surface area contributed by atoms with Crippen LogP contribution in [-0.4, -0.2) is 76.9 Å². The molecule has 1 aromatic heterocycles. The molecule has 11 heteroatoms. The van der Waals surface area contributed by atoms with Crippen LogP contribution in [-0.2, 0) is 49.6 Å². The lowest BCUT2D eigenvalue weighted by Crippen LogP contribution is -2.56. The molecule has 5 atom stereocenters. The number of fused-ring (bicyclic) bond motifs is 5. The van der Waals surface area contributed by atoms with E-state index >= 15 is 0 Å². The van der Waals surface area contributed by atoms with E-state index in [-0.39, 0.29) is 18.7 Å². The highest BCUT2D eigenvalue weighted by Gasteiger charge is 2.60. The highest BCUT2D eigenvalue weighted by atomic mass is 16.9. The zero-order chi connectivity index (χ0) is 30.1. The van der Waals surface area contributed by atoms with Crippen molar-refractivity contribution in [3.63, 3.8) is 0 Å². The number of anilines is 2. The highest BCUT2D eigenvalue weighted by molar-refractivity contribution is 5.46. The molecule has 6 heterocycles. The lowest BCUT2D eigenvalue weighted by Gasteiger charge is -2.37. The van der Waals surface area contributed by atoms with Crippen molar-refractivity contribution in [2.75, 3.05) is 29.5 Å². The second-order valence-corrected chi connectivity index (χ2v) is 13.1. The first-order valence-corrected chi connectivity index (χ1v) is 15.6. The van der Waals surface area contributed by atoms with Gasteiger partial charge in [0, 0.05) is 26.2 Å². The van der Waals surface area contributed by atoms with Gasteiger partial charge in [-0.15, -0.1) is 0 Å². The van der Waals surface area contributed by atoms with Gasteiger partial charge in [-0.2, -0.15) is 15.0 Å². The topological polar surface area (TPSA) is 101 Å². The minimum atomic E-state index is -0.788. The molecule has 8 rings (SSSR count). The molecule has 0 spiro atoms. The zero-order valence-corrected chi connectivity index (χ0v) is 25.6. The Morgan fingerprint density at radius 3 is 1.82 bits per heavy atom. The minimum Gasteiger partial charge on any atom is -0.460 e. The second kappa shape index (κ2) is 10.6. The van der Waals surface area contributed by atoms with E-state index in [0.717, 1.165) is 39.0 Å². The number of aromatic nitrogens is 3. The van der Waals surface area contributed by atoms with E-state index in [1.54, 1.807) is 0 Å². The van der Waals surface area contributed by atoms with E-state index in [2.05, 4.69) is 58.3 Å². The lowest BCUT2D eigenvalue weighted by molar-refractivity contribution is -0.238. The van der Waals surface area contributed by atoms with Crippen LogP contribution in [0.15, 0.2) is 48.5 Å². The van der Waals surface area contributed by atoms with Crippen LogP contribution in [0.4, 0.5) is 11.9 Å². The van der Waals surface area contributed by atoms with Gasteiger partial charge in [-0.25, -0.2) is 0 Å². The maximum atomic E-state index is 6.38. The Balaban J connectivity index is 1.07. The molecule has 232 valence electrons. The molecule has 2 aromatic carbocycles. The van der Waals surface area contributed by atoms with Gasteiger partial charge in [0.2, 0.25) is 11.9 Å². The fourth-order valence-corrected chi connectivity index (χ4v) is 7.00. The van der Waals surface area contributed by atoms with Crippen LogP contribution >= 0.6 is 0 Å². The van der Waals surface area contributed by atoms with Gasteiger partial charge < -0.3 is 38.2 Å². The Kier molecular flexibility index (Phi) is 6.80. The molecule has 0 N–H and O–H groups in total. The van der Waals surface area contributed by atoms with Crippen molar-refractivity contribution < 1.29 is 28.4 Å². The maximum Gasteiger partial charge on any atom is 0.323 e. The summed E-state index contributed by atoms with van der Waals surface area (Å²) in [5.41, 5.74) is 5.31. The Morgan fingerprint density at radius 1 is 0.682 bits per heavy atom. The van der Waals surface area contributed by atoms with Crippen LogP contribution < -0.4 is 14.5 Å². The summed E-state index contributed by atoms with van der Waals surface area (Å²) < 4.78 is 37.5. The predicted molar refractivity (Wildman–Crippen MR) is 160 cm³/mol. The molecular weight excluding hydrogens is 562 g/mol. The first kappa shape index (κ1) is 28.1. The first-order valence-electron chi connectivity index (χ1n) is 15.6. The third kappa shape index (κ3) is 5.30. The van der Waals surface area contributed by atoms with Crippen LogP contribution in [0.1, 0.15) is 49.9 Å². The molecule has 0 radical (unpaired) electrons. The van der Waals surface area contributed by atoms with E-state index in [1.165, 1.54) is 22.3 Å². The number of hydrogen-bond acceptors (Lipinski definition) is 11. The van der Waals surface area contributed by atoms with Crippen LogP contribution in [0.2, 0.25) is 0 Å². The third-order valence-corrected chi connectivity index (χ3v) is 9.05. The molecular formula is C33H39N5O6. The van der Waals surface area contributed by atoms with E-state index in [4.69, 9.17) is 43.4 Å². The minimum absolute atomic E-state index is 0.155. The summed E-state index contributed by atoms with van der Waals surface area (Å²) in [6.45, 7) is 10.8. The molecule has 0 saturated carbocycles. The highest BCUT2D eigenvalue weighted by Crippen LogP contribution is 2.44. The third-order valence-electron chi connectivity index (χ3n) is 9.05. The summed E-state index contributed by atoms with van der Waals surface area (Å²) in [6, 6.07) is 17.4. The average Bonchev–Trinajstić information content (AvgIpc) is 3.52. The van der Waals surface area contributed by atoms with E-state index in [1.807, 2.05) is 27.7 Å². The fraction of sp³-hybridized carbons (Fsp3) is 0.545. The number of hydrogen-bond donors (Lipinski definition) is 0. The number of rotatable bonds is 5. The van der Waals surface area contributed by atoms with E-state index < -0.39 is 36.2 Å². The molecule has 44 heavy (non-hydrogen) atoms. The number of nitrogens with zero attached hydrogens (tertiary/aromatic N) is 5. The molecule has 0 amide bonds. The fourth-order valence-electron chi connectivity index (χ4n) is 7.00. The molecule has 3 fully saturated rings. The Labute approximate surface area is 257 Å². The maximum absolute atomic E-state index is 6.38. The van der Waals surface area contributed by atoms with Crippen LogP contribution in [0.5, 0.6) is 6.01 Å². The smallest absolute Gasteiger partial charge is 0.323 e. The number of benzene rings is 2. The van der Waals surface area contributed by atoms with Gasteiger partial charge in [0.1, 0.15) is 31.0 Å². The van der Waals surface area contributed by atoms with Gasteiger partial charge in [0.05, 0.1) is 0 Å². The normalized spacial score (nSPS) is 29.9. The summed E-state index contributed by atoms with van der Waals surface area (Å²) >= 11 is 0. The number of ether oxygens (including phenoxy) is 6. The molecule has 0 aliphatic carbocycles. The molecule has 5 aliphatic heterocycles. The molecule has 11 nitrogen and oxygen atoms in total. The molecule has 0 unspecified atom stereocenters. The van der Waals surface area contributed by atoms with Crippen molar-refractivity contribution in [1.29, 1.82) is 0 Å². The van der Waals surface area contributed by atoms with Gasteiger partial charge in [0.25, 0.3) is 0 Å². The van der Waals surface area contributed by atoms with Crippen molar-refractivity contribution in [3.8, 4) is 6.01 Å². The van der Waals surface area contributed by atoms with Crippen LogP contribution in [0.3, 0.4) is 0 Å². The van der Waals surface area contributed by atoms with Crippen LogP contribution in [0.25, 0.3) is 0 Å². The largest absolute Gasteiger partial charge is 0.460 e. The van der Waals surface area contributed by atoms with Crippen molar-refractivity contribution in [1.82, 2.24) is 15.0 Å². The van der Waals surface area contributed by atoms with Crippen molar-refractivity contribution in [2.45, 2.75) is 95.9 Å². The molecule has 3 aromatic rings. The van der Waals surface area contributed by atoms with Gasteiger partial charge in [-0.3, -0.25) is 0 Å². The summed E-state index contributed by atoms with van der Waals surface area (Å²) in [4.78, 5) is 19.1. The summed E-state index contributed by atoms with van der Waals surface area (Å²) in [7, 11) is 0. The Bertz CT molecular complexity index is 1470. The summed E-state index contributed by atoms with van der Waals surface area (Å²) in [5, 5.41) is 0. The van der Waals surface area contributed by atoms with Gasteiger partial charge >= 0.3 is 6.01 Å². The summed E-state index contributed by atoms with van der Waals surface area (Å²) in [5.74, 6) is -0.359. The first-order chi connectivity index (χ1) is 21.2. The standard InChI is InChI=1S/C33H39N5O6/c1-32(2)41-25-24(40-28-27(26(25)42-32)43-33(3,4)44-28)19-39-31-35-29(37-15-13-20-9-5-7-11-22(20)17-37)34-30(36-31)38-16-14-21-10-6-8-12-23(21)18-38/h5-12,24-28H,13-19H2,1-4H3/t24-,25+,26+,27-,28-/m1/s1. The van der Waals surface area contributed by atoms with Crippen molar-refractivity contribution in [3.05, 3.63) is 70.8 Å². The van der Waals surface area contributed by atoms with E-state index in [0.29, 0.717) is 11.9 Å². The van der Waals surface area contributed by atoms with Gasteiger partial charge in [-0.05, 0) is 62.8 Å². The second-order valence-electron chi connectivity index (χ2n) is 13.1. The SMILES string of the molecule is CC1(C)O[C@H]2[C@@H](O1)[C@@H](COc1nc(N3CCc4ccccc4C3)nc(N3CCc4ccccc4C3)n1)O[C@@H]1OC(C)(C)O[C@@H]12. The lowest BCUT2D eigenvalue weighted by atomic mass is 9.99. The monoisotopic (exact) mass is 601 g/mol. The van der Waals surface area contributed by atoms with Gasteiger partial charge in [-0.1, -0.05) is 48.5 Å². The van der Waals surface area contributed by atoms with Crippen LogP contribution in [0, 0.1) is 0 Å². The average molecular weight is 602 g/mol. The van der Waals surface area contributed by atoms with E-state index in [9.17, 15) is 0 Å². The van der Waals surface area contributed by atoms with Crippen molar-refractivity contribution in [2.24, 2.45) is 0 Å². The van der Waals surface area contributed by atoms with Crippen molar-refractivity contribution >= 4 is 11.9 Å². The van der Waals surface area contributed by atoms with Gasteiger partial charge in [0.15, 0.2) is 17.9 Å². The Morgan fingerprint density at radius 2 is 1.20 bits per heavy atom. The zero-order valence-electron chi connectivity index (χ0n) is 25.6. The quantitative estimate of drug-likeness (QED) is 0.427. The predicted octanol–water partition coefficient (Wildman–Crippen LogP) is 3.77.